The molecule has 138 valence electrons. The number of aliphatic hydroxyl groups is 2. The maximum absolute atomic E-state index is 9.90. The van der Waals surface area contributed by atoms with E-state index in [1.165, 1.54) is 0 Å². The molecule has 0 aromatic heterocycles. The molecule has 0 saturated heterocycles. The van der Waals surface area contributed by atoms with Crippen molar-refractivity contribution in [2.45, 2.75) is 46.0 Å². The van der Waals surface area contributed by atoms with Crippen LogP contribution in [-0.4, -0.2) is 62.4 Å². The molecule has 0 aliphatic carbocycles. The molecule has 0 atom stereocenters. The van der Waals surface area contributed by atoms with Crippen molar-refractivity contribution < 1.29 is 39.9 Å². The zero-order chi connectivity index (χ0) is 18.9. The molecule has 0 unspecified atom stereocenters. The number of carbonyl (C=O) groups is 3. The van der Waals surface area contributed by atoms with E-state index in [2.05, 4.69) is 12.6 Å². The first-order valence-corrected chi connectivity index (χ1v) is 7.63. The Morgan fingerprint density at radius 2 is 1.09 bits per heavy atom. The molecule has 0 saturated carbocycles. The first-order chi connectivity index (χ1) is 10.5. The highest BCUT2D eigenvalue weighted by molar-refractivity contribution is 7.80. The van der Waals surface area contributed by atoms with E-state index in [1.807, 2.05) is 0 Å². The van der Waals surface area contributed by atoms with Gasteiger partial charge in [-0.25, -0.2) is 0 Å². The zero-order valence-corrected chi connectivity index (χ0v) is 14.5. The minimum atomic E-state index is -0.870. The third-order valence-corrected chi connectivity index (χ3v) is 2.44. The molecule has 0 heterocycles. The van der Waals surface area contributed by atoms with E-state index in [0.29, 0.717) is 18.6 Å². The number of unbranched alkanes of at least 4 members (excludes halogenated alkanes) is 1. The van der Waals surface area contributed by atoms with Crippen LogP contribution in [0.2, 0.25) is 0 Å². The Morgan fingerprint density at radius 1 is 0.783 bits per heavy atom. The molecule has 0 aliphatic rings. The number of aliphatic carboxylic acids is 3. The van der Waals surface area contributed by atoms with Gasteiger partial charge in [-0.15, -0.1) is 0 Å². The summed E-state index contributed by atoms with van der Waals surface area (Å²) in [5, 5.41) is 41.0. The van der Waals surface area contributed by atoms with Crippen LogP contribution in [0.3, 0.4) is 0 Å². The standard InChI is InChI=1S/C6H10O4.C5H12O2.C3H6O2S/c7-5(8)3-1-2-4-6(9)10;1-5(2,3-6)4-7;4-3(5)1-2-6/h1-4H2,(H,7,8)(H,9,10);6-7H,3-4H2,1-2H3;6H,1-2H2,(H,4,5). The summed E-state index contributed by atoms with van der Waals surface area (Å²) < 4.78 is 0. The van der Waals surface area contributed by atoms with Gasteiger partial charge in [-0.1, -0.05) is 13.8 Å². The first-order valence-electron chi connectivity index (χ1n) is 7.00. The molecular formula is C14H28O8S. The Kier molecular flexibility index (Phi) is 19.7. The van der Waals surface area contributed by atoms with Crippen LogP contribution in [0.25, 0.3) is 0 Å². The number of hydrogen-bond donors (Lipinski definition) is 6. The lowest BCUT2D eigenvalue weighted by Crippen LogP contribution is -2.20. The summed E-state index contributed by atoms with van der Waals surface area (Å²) in [5.74, 6) is -2.10. The van der Waals surface area contributed by atoms with Crippen LogP contribution in [0.15, 0.2) is 0 Å². The molecule has 5 N–H and O–H groups in total. The van der Waals surface area contributed by atoms with Crippen LogP contribution in [-0.2, 0) is 14.4 Å². The maximum atomic E-state index is 9.90. The topological polar surface area (TPSA) is 152 Å². The summed E-state index contributed by atoms with van der Waals surface area (Å²) in [6, 6.07) is 0. The highest BCUT2D eigenvalue weighted by atomic mass is 32.1. The average Bonchev–Trinajstić information content (AvgIpc) is 2.44. The lowest BCUT2D eigenvalue weighted by molar-refractivity contribution is -0.139. The van der Waals surface area contributed by atoms with Crippen molar-refractivity contribution in [3.63, 3.8) is 0 Å². The number of thiol groups is 1. The normalized spacial score (nSPS) is 9.78. The van der Waals surface area contributed by atoms with Crippen molar-refractivity contribution in [1.29, 1.82) is 0 Å². The molecule has 0 bridgehead atoms. The Hall–Kier alpha value is -1.32. The molecule has 0 amide bonds. The fourth-order valence-corrected chi connectivity index (χ4v) is 0.889. The van der Waals surface area contributed by atoms with Crippen molar-refractivity contribution >= 4 is 30.5 Å². The molecule has 0 spiro atoms. The average molecular weight is 356 g/mol. The summed E-state index contributed by atoms with van der Waals surface area (Å²) in [7, 11) is 0. The minimum Gasteiger partial charge on any atom is -0.481 e. The summed E-state index contributed by atoms with van der Waals surface area (Å²) in [4.78, 5) is 29.3. The van der Waals surface area contributed by atoms with Gasteiger partial charge >= 0.3 is 17.9 Å². The van der Waals surface area contributed by atoms with Gasteiger partial charge in [-0.05, 0) is 12.8 Å². The third-order valence-electron chi connectivity index (χ3n) is 2.21. The molecule has 23 heavy (non-hydrogen) atoms. The van der Waals surface area contributed by atoms with Crippen LogP contribution in [0.4, 0.5) is 0 Å². The predicted octanol–water partition coefficient (Wildman–Crippen LogP) is 1.10. The largest absolute Gasteiger partial charge is 0.481 e. The minimum absolute atomic E-state index is 0.0451. The highest BCUT2D eigenvalue weighted by Crippen LogP contribution is 2.10. The molecule has 0 fully saturated rings. The quantitative estimate of drug-likeness (QED) is 0.265. The van der Waals surface area contributed by atoms with Crippen molar-refractivity contribution in [2.75, 3.05) is 19.0 Å². The third kappa shape index (κ3) is 33.5. The zero-order valence-electron chi connectivity index (χ0n) is 13.6. The summed E-state index contributed by atoms with van der Waals surface area (Å²) in [6.45, 7) is 3.69. The summed E-state index contributed by atoms with van der Waals surface area (Å²) >= 11 is 3.68. The second-order valence-electron chi connectivity index (χ2n) is 5.34. The van der Waals surface area contributed by atoms with Gasteiger partial charge in [0.15, 0.2) is 0 Å². The van der Waals surface area contributed by atoms with Crippen LogP contribution < -0.4 is 0 Å². The van der Waals surface area contributed by atoms with Crippen LogP contribution in [0.1, 0.15) is 46.0 Å². The molecule has 9 heteroatoms. The first kappa shape index (κ1) is 26.6. The second kappa shape index (κ2) is 17.0. The molecule has 0 rings (SSSR count). The second-order valence-corrected chi connectivity index (χ2v) is 5.79. The number of hydrogen-bond acceptors (Lipinski definition) is 6. The van der Waals surface area contributed by atoms with E-state index in [9.17, 15) is 14.4 Å². The monoisotopic (exact) mass is 356 g/mol. The molecule has 0 radical (unpaired) electrons. The van der Waals surface area contributed by atoms with Gasteiger partial charge in [0.05, 0.1) is 19.6 Å². The lowest BCUT2D eigenvalue weighted by atomic mass is 9.97. The van der Waals surface area contributed by atoms with Crippen molar-refractivity contribution in [3.8, 4) is 0 Å². The van der Waals surface area contributed by atoms with Crippen molar-refractivity contribution in [1.82, 2.24) is 0 Å². The fourth-order valence-electron chi connectivity index (χ4n) is 0.698. The number of aliphatic hydroxyl groups excluding tert-OH is 2. The van der Waals surface area contributed by atoms with E-state index >= 15 is 0 Å². The molecule has 0 aromatic carbocycles. The smallest absolute Gasteiger partial charge is 0.304 e. The van der Waals surface area contributed by atoms with Gasteiger partial charge in [0.1, 0.15) is 0 Å². The number of rotatable bonds is 9. The maximum Gasteiger partial charge on any atom is 0.304 e. The molecule has 8 nitrogen and oxygen atoms in total. The van der Waals surface area contributed by atoms with Crippen LogP contribution >= 0.6 is 12.6 Å². The van der Waals surface area contributed by atoms with Crippen molar-refractivity contribution in [2.24, 2.45) is 5.41 Å². The summed E-state index contributed by atoms with van der Waals surface area (Å²) in [6.07, 6.45) is 1.17. The van der Waals surface area contributed by atoms with E-state index in [1.54, 1.807) is 13.8 Å². The summed E-state index contributed by atoms with van der Waals surface area (Å²) in [5.41, 5.74) is -0.306. The van der Waals surface area contributed by atoms with Crippen LogP contribution in [0.5, 0.6) is 0 Å². The fraction of sp³-hybridized carbons (Fsp3) is 0.786. The van der Waals surface area contributed by atoms with Gasteiger partial charge in [0, 0.05) is 24.0 Å². The molecule has 0 aliphatic heterocycles. The van der Waals surface area contributed by atoms with Gasteiger partial charge < -0.3 is 25.5 Å². The Morgan fingerprint density at radius 3 is 1.17 bits per heavy atom. The van der Waals surface area contributed by atoms with Gasteiger partial charge in [0.2, 0.25) is 0 Å². The van der Waals surface area contributed by atoms with E-state index in [0.717, 1.165) is 0 Å². The van der Waals surface area contributed by atoms with Gasteiger partial charge in [0.25, 0.3) is 0 Å². The Bertz CT molecular complexity index is 309. The SMILES string of the molecule is CC(C)(CO)CO.O=C(O)CCCCC(=O)O.O=C(O)CCS. The van der Waals surface area contributed by atoms with E-state index in [4.69, 9.17) is 25.5 Å². The molecular weight excluding hydrogens is 328 g/mol. The lowest BCUT2D eigenvalue weighted by Gasteiger charge is -2.16. The predicted molar refractivity (Wildman–Crippen MR) is 87.8 cm³/mol. The van der Waals surface area contributed by atoms with Gasteiger partial charge in [-0.3, -0.25) is 14.4 Å². The number of carboxylic acids is 3. The Balaban J connectivity index is -0.000000272. The highest BCUT2D eigenvalue weighted by Gasteiger charge is 2.13. The van der Waals surface area contributed by atoms with Crippen LogP contribution in [0, 0.1) is 5.41 Å². The van der Waals surface area contributed by atoms with E-state index in [-0.39, 0.29) is 37.9 Å². The Labute approximate surface area is 141 Å². The number of carboxylic acid groups (broad SMARTS) is 3. The van der Waals surface area contributed by atoms with Gasteiger partial charge in [-0.2, -0.15) is 12.6 Å². The molecule has 0 aromatic rings. The van der Waals surface area contributed by atoms with Crippen molar-refractivity contribution in [3.05, 3.63) is 0 Å². The van der Waals surface area contributed by atoms with E-state index < -0.39 is 17.9 Å².